The lowest BCUT2D eigenvalue weighted by Gasteiger charge is -2.03. The molecule has 1 aliphatic heterocycles. The fourth-order valence-corrected chi connectivity index (χ4v) is 1.66. The van der Waals surface area contributed by atoms with Gasteiger partial charge in [-0.05, 0) is 17.5 Å². The highest BCUT2D eigenvalue weighted by Gasteiger charge is 2.05. The molecule has 3 rings (SSSR count). The smallest absolute Gasteiger partial charge is 0.0882 e. The average Bonchev–Trinajstić information content (AvgIpc) is 2.54. The van der Waals surface area contributed by atoms with Gasteiger partial charge in [-0.3, -0.25) is 9.98 Å². The monoisotopic (exact) mass is 193 g/mol. The van der Waals surface area contributed by atoms with Crippen LogP contribution in [0.3, 0.4) is 0 Å². The highest BCUT2D eigenvalue weighted by Crippen LogP contribution is 2.26. The SMILES string of the molecule is C1=CN=Cc2c(ccc3cnccc23)N=1. The maximum atomic E-state index is 4.19. The number of hydrogen-bond donors (Lipinski definition) is 0. The second-order valence-corrected chi connectivity index (χ2v) is 3.24. The van der Waals surface area contributed by atoms with Crippen molar-refractivity contribution in [2.45, 2.75) is 0 Å². The zero-order chi connectivity index (χ0) is 10.1. The minimum Gasteiger partial charge on any atom is -0.264 e. The number of fused-ring (bicyclic) bond motifs is 3. The number of aromatic nitrogens is 1. The quantitative estimate of drug-likeness (QED) is 0.633. The molecule has 0 saturated carbocycles. The van der Waals surface area contributed by atoms with Crippen LogP contribution in [0, 0.1) is 0 Å². The van der Waals surface area contributed by atoms with E-state index in [-0.39, 0.29) is 0 Å². The third kappa shape index (κ3) is 1.26. The summed E-state index contributed by atoms with van der Waals surface area (Å²) in [6.45, 7) is 0. The Morgan fingerprint density at radius 1 is 1.13 bits per heavy atom. The number of rotatable bonds is 0. The highest BCUT2D eigenvalue weighted by molar-refractivity contribution is 6.05. The van der Waals surface area contributed by atoms with Crippen molar-refractivity contribution >= 4 is 28.5 Å². The number of hydrogen-bond acceptors (Lipinski definition) is 3. The van der Waals surface area contributed by atoms with Crippen LogP contribution in [0.4, 0.5) is 5.69 Å². The van der Waals surface area contributed by atoms with E-state index in [9.17, 15) is 0 Å². The van der Waals surface area contributed by atoms with Gasteiger partial charge in [0.15, 0.2) is 0 Å². The van der Waals surface area contributed by atoms with Crippen LogP contribution < -0.4 is 0 Å². The molecule has 1 aliphatic rings. The summed E-state index contributed by atoms with van der Waals surface area (Å²) in [6, 6.07) is 5.93. The van der Waals surface area contributed by atoms with Gasteiger partial charge in [0.1, 0.15) is 0 Å². The molecular weight excluding hydrogens is 186 g/mol. The summed E-state index contributed by atoms with van der Waals surface area (Å²) in [7, 11) is 0. The normalized spacial score (nSPS) is 12.8. The molecule has 1 aromatic carbocycles. The van der Waals surface area contributed by atoms with Crippen molar-refractivity contribution in [3.8, 4) is 0 Å². The van der Waals surface area contributed by atoms with Gasteiger partial charge >= 0.3 is 0 Å². The van der Waals surface area contributed by atoms with Crippen molar-refractivity contribution in [3.63, 3.8) is 0 Å². The van der Waals surface area contributed by atoms with E-state index in [0.29, 0.717) is 0 Å². The molecule has 0 spiro atoms. The van der Waals surface area contributed by atoms with Crippen molar-refractivity contribution in [1.82, 2.24) is 4.98 Å². The lowest BCUT2D eigenvalue weighted by atomic mass is 10.1. The van der Waals surface area contributed by atoms with E-state index in [4.69, 9.17) is 0 Å². The van der Waals surface area contributed by atoms with Gasteiger partial charge in [-0.1, -0.05) is 6.07 Å². The lowest BCUT2D eigenvalue weighted by Crippen LogP contribution is -1.85. The molecule has 70 valence electrons. The van der Waals surface area contributed by atoms with Crippen LogP contribution in [0.15, 0.2) is 46.8 Å². The number of nitrogens with zero attached hydrogens (tertiary/aromatic N) is 3. The van der Waals surface area contributed by atoms with Gasteiger partial charge in [-0.15, -0.1) is 0 Å². The third-order valence-electron chi connectivity index (χ3n) is 2.36. The van der Waals surface area contributed by atoms with Crippen LogP contribution in [0.2, 0.25) is 0 Å². The van der Waals surface area contributed by atoms with Crippen LogP contribution in [0.1, 0.15) is 5.56 Å². The van der Waals surface area contributed by atoms with E-state index < -0.39 is 0 Å². The lowest BCUT2D eigenvalue weighted by molar-refractivity contribution is 1.36. The second kappa shape index (κ2) is 3.15. The topological polar surface area (TPSA) is 37.6 Å². The summed E-state index contributed by atoms with van der Waals surface area (Å²) < 4.78 is 0. The molecule has 15 heavy (non-hydrogen) atoms. The summed E-state index contributed by atoms with van der Waals surface area (Å²) >= 11 is 0. The summed E-state index contributed by atoms with van der Waals surface area (Å²) in [5, 5.41) is 2.21. The molecule has 3 nitrogen and oxygen atoms in total. The van der Waals surface area contributed by atoms with E-state index in [1.165, 1.54) is 0 Å². The van der Waals surface area contributed by atoms with Crippen molar-refractivity contribution in [3.05, 3.63) is 42.4 Å². The Labute approximate surface area is 86.5 Å². The molecule has 3 heteroatoms. The van der Waals surface area contributed by atoms with Gasteiger partial charge in [0.05, 0.1) is 11.9 Å². The summed E-state index contributed by atoms with van der Waals surface area (Å²) in [6.07, 6.45) is 6.98. The Morgan fingerprint density at radius 2 is 2.13 bits per heavy atom. The molecule has 1 aromatic heterocycles. The first kappa shape index (κ1) is 8.09. The van der Waals surface area contributed by atoms with Crippen LogP contribution in [0.5, 0.6) is 0 Å². The minimum atomic E-state index is 0.895. The van der Waals surface area contributed by atoms with Crippen molar-refractivity contribution in [2.75, 3.05) is 0 Å². The molecular formula is C12H7N3. The minimum absolute atomic E-state index is 0.895. The van der Waals surface area contributed by atoms with Gasteiger partial charge in [0, 0.05) is 35.4 Å². The molecule has 0 radical (unpaired) electrons. The zero-order valence-corrected chi connectivity index (χ0v) is 7.88. The number of pyridine rings is 1. The van der Waals surface area contributed by atoms with Crippen LogP contribution in [-0.4, -0.2) is 17.1 Å². The molecule has 2 aromatic rings. The Morgan fingerprint density at radius 3 is 3.13 bits per heavy atom. The van der Waals surface area contributed by atoms with Gasteiger partial charge in [0.2, 0.25) is 0 Å². The molecule has 0 unspecified atom stereocenters. The fraction of sp³-hybridized carbons (Fsp3) is 0. The summed E-state index contributed by atoms with van der Waals surface area (Å²) in [5.74, 6) is 2.75. The van der Waals surface area contributed by atoms with Gasteiger partial charge in [-0.2, -0.15) is 0 Å². The van der Waals surface area contributed by atoms with Gasteiger partial charge < -0.3 is 0 Å². The van der Waals surface area contributed by atoms with E-state index in [1.807, 2.05) is 24.4 Å². The van der Waals surface area contributed by atoms with Crippen LogP contribution >= 0.6 is 0 Å². The molecule has 0 bridgehead atoms. The second-order valence-electron chi connectivity index (χ2n) is 3.24. The predicted octanol–water partition coefficient (Wildman–Crippen LogP) is 2.48. The van der Waals surface area contributed by atoms with Crippen molar-refractivity contribution in [2.24, 2.45) is 9.98 Å². The highest BCUT2D eigenvalue weighted by atomic mass is 14.8. The molecule has 0 N–H and O–H groups in total. The van der Waals surface area contributed by atoms with E-state index in [1.54, 1.807) is 18.6 Å². The summed E-state index contributed by atoms with van der Waals surface area (Å²) in [4.78, 5) is 12.4. The molecule has 2 heterocycles. The predicted molar refractivity (Wildman–Crippen MR) is 61.0 cm³/mol. The maximum Gasteiger partial charge on any atom is 0.0882 e. The van der Waals surface area contributed by atoms with Crippen molar-refractivity contribution < 1.29 is 0 Å². The Bertz CT molecular complexity index is 620. The maximum absolute atomic E-state index is 4.19. The molecule has 0 atom stereocenters. The summed E-state index contributed by atoms with van der Waals surface area (Å²) in [5.41, 5.74) is 1.92. The Kier molecular flexibility index (Phi) is 1.70. The molecule has 0 amide bonds. The number of aliphatic imine (C=N–C) groups is 2. The molecule has 0 saturated heterocycles. The third-order valence-corrected chi connectivity index (χ3v) is 2.36. The molecule has 0 fully saturated rings. The van der Waals surface area contributed by atoms with Gasteiger partial charge in [-0.25, -0.2) is 4.99 Å². The van der Waals surface area contributed by atoms with Crippen LogP contribution in [0.25, 0.3) is 10.8 Å². The first-order chi connectivity index (χ1) is 7.45. The average molecular weight is 193 g/mol. The van der Waals surface area contributed by atoms with E-state index in [0.717, 1.165) is 22.0 Å². The Balaban J connectivity index is 2.45. The first-order valence-electron chi connectivity index (χ1n) is 4.63. The van der Waals surface area contributed by atoms with Crippen molar-refractivity contribution in [1.29, 1.82) is 0 Å². The zero-order valence-electron chi connectivity index (χ0n) is 7.88. The van der Waals surface area contributed by atoms with E-state index >= 15 is 0 Å². The van der Waals surface area contributed by atoms with E-state index in [2.05, 4.69) is 20.8 Å². The largest absolute Gasteiger partial charge is 0.264 e. The Hall–Kier alpha value is -2.25. The standard InChI is InChI=1S/C12H7N3/c1-2-12-11(8-14-5-6-15-12)10-3-4-13-7-9(1)10/h1-5,7-8H. The van der Waals surface area contributed by atoms with Gasteiger partial charge in [0.25, 0.3) is 0 Å². The van der Waals surface area contributed by atoms with Crippen LogP contribution in [-0.2, 0) is 0 Å². The first-order valence-corrected chi connectivity index (χ1v) is 4.63. The fourth-order valence-electron chi connectivity index (χ4n) is 1.66. The molecule has 0 aliphatic carbocycles. The number of benzene rings is 1.